The van der Waals surface area contributed by atoms with Gasteiger partial charge in [0.25, 0.3) is 0 Å². The van der Waals surface area contributed by atoms with E-state index in [4.69, 9.17) is 23.7 Å². The summed E-state index contributed by atoms with van der Waals surface area (Å²) < 4.78 is 29.9. The predicted molar refractivity (Wildman–Crippen MR) is 269 cm³/mol. The van der Waals surface area contributed by atoms with Crippen LogP contribution in [0.4, 0.5) is 10.5 Å². The van der Waals surface area contributed by atoms with Crippen molar-refractivity contribution in [2.75, 3.05) is 73.1 Å². The molecule has 1 aromatic heterocycles. The average Bonchev–Trinajstić information content (AvgIpc) is 4.16. The van der Waals surface area contributed by atoms with E-state index in [0.717, 1.165) is 50.3 Å². The number of nitrogens with zero attached hydrogens (tertiary/aromatic N) is 4. The highest BCUT2D eigenvalue weighted by Gasteiger charge is 2.80. The maximum atomic E-state index is 15.8. The Labute approximate surface area is 420 Å². The van der Waals surface area contributed by atoms with Gasteiger partial charge in [0.15, 0.2) is 6.10 Å². The maximum Gasteiger partial charge on any atom is 0.344 e. The lowest BCUT2D eigenvalue weighted by atomic mass is 9.47. The van der Waals surface area contributed by atoms with Gasteiger partial charge in [0.05, 0.1) is 40.0 Å². The Morgan fingerprint density at radius 3 is 2.38 bits per heavy atom. The number of ether oxygens (including phenoxy) is 5. The van der Waals surface area contributed by atoms with Crippen LogP contribution in [0.3, 0.4) is 0 Å². The number of likely N-dealkylation sites (N-methyl/N-ethyl adjacent to an activating group) is 1. The van der Waals surface area contributed by atoms with E-state index in [2.05, 4.69) is 51.3 Å². The molecule has 3 fully saturated rings. The second-order valence-corrected chi connectivity index (χ2v) is 21.7. The molecule has 16 nitrogen and oxygen atoms in total. The number of urea groups is 1. The number of aromatic nitrogens is 1. The fraction of sp³-hybridized carbons (Fsp3) is 0.536. The second-order valence-electron chi connectivity index (χ2n) is 21.7. The van der Waals surface area contributed by atoms with Gasteiger partial charge in [-0.1, -0.05) is 50.3 Å². The number of rotatable bonds is 9. The Balaban J connectivity index is 1.10. The minimum Gasteiger partial charge on any atom is -0.497 e. The Bertz CT molecular complexity index is 2920. The second kappa shape index (κ2) is 17.3. The molecule has 7 heterocycles. The number of aliphatic hydroxyl groups is 1. The number of fused-ring (bicyclic) bond motifs is 7. The van der Waals surface area contributed by atoms with E-state index in [0.29, 0.717) is 95.7 Å². The van der Waals surface area contributed by atoms with Crippen LogP contribution in [-0.2, 0) is 58.9 Å². The molecule has 7 aliphatic rings. The summed E-state index contributed by atoms with van der Waals surface area (Å²) in [5.74, 6) is -0.888. The standard InChI is InChI=1S/C56H68N6O10/c1-9-52(58-51(66)62-30-35-16-17-37(68-5)24-36(35)31-62)27-34-28-55(49(64)70-7,45-39(18-22-60(29-34)32-52)38-14-11-12-15-42(38)57-45)41-25-40-43(26-44(41)69-6)59(4)47-54(40)20-23-61-21-13-19-53(10-2,46(54)61)48(72-33(3)63)56(47,67)50(65)71-8/h11-17,19,24-26,34,46-48,57,67H,9-10,18,20-23,27-32H2,1-8H3,(H,58,66)/t34-,46-,47+,48+,52-,53+,54+,55-,56-/m0/s1. The van der Waals surface area contributed by atoms with E-state index in [-0.39, 0.29) is 18.0 Å². The van der Waals surface area contributed by atoms with E-state index >= 15 is 4.79 Å². The van der Waals surface area contributed by atoms with Gasteiger partial charge >= 0.3 is 23.9 Å². The molecule has 10 atom stereocenters. The fourth-order valence-electron chi connectivity index (χ4n) is 15.7. The third-order valence-electron chi connectivity index (χ3n) is 18.4. The number of hydrogen-bond acceptors (Lipinski definition) is 13. The monoisotopic (exact) mass is 984 g/mol. The quantitative estimate of drug-likeness (QED) is 0.106. The van der Waals surface area contributed by atoms with Crippen LogP contribution >= 0.6 is 0 Å². The summed E-state index contributed by atoms with van der Waals surface area (Å²) in [4.78, 5) is 70.6. The lowest BCUT2D eigenvalue weighted by Gasteiger charge is -2.63. The Morgan fingerprint density at radius 2 is 1.65 bits per heavy atom. The molecule has 1 spiro atoms. The lowest BCUT2D eigenvalue weighted by Crippen LogP contribution is -2.81. The van der Waals surface area contributed by atoms with Gasteiger partial charge < -0.3 is 53.8 Å². The molecule has 0 radical (unpaired) electrons. The molecule has 2 bridgehead atoms. The van der Waals surface area contributed by atoms with Gasteiger partial charge in [-0.3, -0.25) is 14.5 Å². The molecule has 1 saturated carbocycles. The van der Waals surface area contributed by atoms with Crippen LogP contribution in [0.5, 0.6) is 11.5 Å². The molecule has 382 valence electrons. The highest BCUT2D eigenvalue weighted by atomic mass is 16.6. The number of para-hydroxylation sites is 1. The number of anilines is 1. The lowest BCUT2D eigenvalue weighted by molar-refractivity contribution is -0.228. The van der Waals surface area contributed by atoms with Crippen molar-refractivity contribution in [2.24, 2.45) is 11.3 Å². The van der Waals surface area contributed by atoms with Crippen molar-refractivity contribution >= 4 is 40.5 Å². The van der Waals surface area contributed by atoms with Crippen LogP contribution in [0, 0.1) is 11.3 Å². The Kier molecular flexibility index (Phi) is 11.6. The van der Waals surface area contributed by atoms with Crippen LogP contribution in [-0.4, -0.2) is 146 Å². The van der Waals surface area contributed by atoms with Crippen molar-refractivity contribution in [3.63, 3.8) is 0 Å². The number of hydrogen-bond donors (Lipinski definition) is 3. The van der Waals surface area contributed by atoms with Crippen LogP contribution < -0.4 is 19.7 Å². The van der Waals surface area contributed by atoms with E-state index in [1.165, 1.54) is 21.1 Å². The summed E-state index contributed by atoms with van der Waals surface area (Å²) in [6.45, 7) is 9.71. The molecule has 1 unspecified atom stereocenters. The van der Waals surface area contributed by atoms with Crippen molar-refractivity contribution in [1.29, 1.82) is 0 Å². The third kappa shape index (κ3) is 6.59. The molecular formula is C56H68N6O10. The smallest absolute Gasteiger partial charge is 0.344 e. The van der Waals surface area contributed by atoms with Gasteiger partial charge in [-0.2, -0.15) is 0 Å². The first-order chi connectivity index (χ1) is 34.6. The number of aromatic amines is 1. The third-order valence-corrected chi connectivity index (χ3v) is 18.4. The number of carbonyl (C=O) groups excluding carboxylic acids is 4. The molecule has 72 heavy (non-hydrogen) atoms. The Hall–Kier alpha value is -6.10. The zero-order chi connectivity index (χ0) is 50.7. The molecule has 11 rings (SSSR count). The number of H-pyrrole nitrogens is 1. The summed E-state index contributed by atoms with van der Waals surface area (Å²) in [6.07, 6.45) is 6.00. The number of esters is 3. The molecule has 16 heteroatoms. The highest BCUT2D eigenvalue weighted by molar-refractivity contribution is 5.95. The number of benzene rings is 3. The Morgan fingerprint density at radius 1 is 0.875 bits per heavy atom. The molecule has 4 aromatic rings. The zero-order valence-corrected chi connectivity index (χ0v) is 42.8. The predicted octanol–water partition coefficient (Wildman–Crippen LogP) is 5.73. The molecule has 3 N–H and O–H groups in total. The largest absolute Gasteiger partial charge is 0.497 e. The van der Waals surface area contributed by atoms with Crippen molar-refractivity contribution in [3.05, 3.63) is 100 Å². The van der Waals surface area contributed by atoms with Gasteiger partial charge in [0, 0.05) is 104 Å². The van der Waals surface area contributed by atoms with Crippen LogP contribution in [0.25, 0.3) is 10.9 Å². The van der Waals surface area contributed by atoms with Crippen LogP contribution in [0.1, 0.15) is 86.4 Å². The minimum atomic E-state index is -2.33. The average molecular weight is 985 g/mol. The highest BCUT2D eigenvalue weighted by Crippen LogP contribution is 2.68. The first kappa shape index (κ1) is 48.2. The zero-order valence-electron chi connectivity index (χ0n) is 42.8. The van der Waals surface area contributed by atoms with Gasteiger partial charge in [-0.05, 0) is 97.5 Å². The first-order valence-corrected chi connectivity index (χ1v) is 25.6. The SMILES string of the molecule is CC[C@]1(NC(=O)N2Cc3ccc(OC)cc3C2)C[C@@H]2CN(CCc3c([nH]c4ccccc34)[C@@](C(=O)OC)(c3cc4c(cc3OC)N(C)[C@H]3[C@@](O)(C(=O)OC)[C@H](OC(C)=O)[C@]5(CC)C=CCN6CC[C@]43[C@@H]65)C2)C1. The van der Waals surface area contributed by atoms with Crippen molar-refractivity contribution in [2.45, 2.75) is 113 Å². The summed E-state index contributed by atoms with van der Waals surface area (Å²) in [5.41, 5.74) is 0.581. The molecule has 3 aromatic carbocycles. The molecular weight excluding hydrogens is 917 g/mol. The molecule has 2 saturated heterocycles. The van der Waals surface area contributed by atoms with Crippen LogP contribution in [0.15, 0.2) is 66.7 Å². The van der Waals surface area contributed by atoms with Crippen molar-refractivity contribution in [3.8, 4) is 11.5 Å². The number of piperidine rings is 1. The maximum absolute atomic E-state index is 15.8. The topological polar surface area (TPSA) is 175 Å². The van der Waals surface area contributed by atoms with Gasteiger partial charge in [0.1, 0.15) is 16.9 Å². The van der Waals surface area contributed by atoms with E-state index in [9.17, 15) is 19.5 Å². The van der Waals surface area contributed by atoms with Crippen LogP contribution in [0.2, 0.25) is 0 Å². The number of nitrogens with one attached hydrogen (secondary N) is 2. The number of amides is 2. The molecule has 6 aliphatic heterocycles. The number of carbonyl (C=O) groups is 4. The summed E-state index contributed by atoms with van der Waals surface area (Å²) in [7, 11) is 7.83. The molecule has 1 aliphatic carbocycles. The summed E-state index contributed by atoms with van der Waals surface area (Å²) >= 11 is 0. The van der Waals surface area contributed by atoms with E-state index in [1.807, 2.05) is 66.2 Å². The van der Waals surface area contributed by atoms with Crippen molar-refractivity contribution < 1.29 is 48.0 Å². The van der Waals surface area contributed by atoms with Gasteiger partial charge in [-0.25, -0.2) is 9.59 Å². The van der Waals surface area contributed by atoms with E-state index < -0.39 is 57.4 Å². The molecule has 2 amide bonds. The van der Waals surface area contributed by atoms with Gasteiger partial charge in [-0.15, -0.1) is 0 Å². The fourth-order valence-corrected chi connectivity index (χ4v) is 15.7. The van der Waals surface area contributed by atoms with E-state index in [1.54, 1.807) is 14.2 Å². The number of methoxy groups -OCH3 is 4. The van der Waals surface area contributed by atoms with Crippen molar-refractivity contribution in [1.82, 2.24) is 25.0 Å². The van der Waals surface area contributed by atoms with Gasteiger partial charge in [0.2, 0.25) is 5.60 Å². The first-order valence-electron chi connectivity index (χ1n) is 25.6. The normalized spacial score (nSPS) is 33.0. The minimum absolute atomic E-state index is 0.127. The summed E-state index contributed by atoms with van der Waals surface area (Å²) in [5, 5.41) is 18.1. The summed E-state index contributed by atoms with van der Waals surface area (Å²) in [6, 6.07) is 16.8.